The third-order valence-electron chi connectivity index (χ3n) is 8.92. The predicted octanol–water partition coefficient (Wildman–Crippen LogP) is 4.81. The molecule has 0 radical (unpaired) electrons. The highest BCUT2D eigenvalue weighted by atomic mass is 16.5. The summed E-state index contributed by atoms with van der Waals surface area (Å²) in [6, 6.07) is 5.47. The molecule has 1 atom stereocenters. The zero-order chi connectivity index (χ0) is 23.7. The summed E-state index contributed by atoms with van der Waals surface area (Å²) in [5.41, 5.74) is 0.847. The quantitative estimate of drug-likeness (QED) is 0.594. The Morgan fingerprint density at radius 1 is 1.00 bits per heavy atom. The van der Waals surface area contributed by atoms with Crippen LogP contribution in [0.1, 0.15) is 82.0 Å². The van der Waals surface area contributed by atoms with Crippen molar-refractivity contribution in [1.29, 1.82) is 0 Å². The fourth-order valence-electron chi connectivity index (χ4n) is 7.55. The highest BCUT2D eigenvalue weighted by Crippen LogP contribution is 2.61. The predicted molar refractivity (Wildman–Crippen MR) is 131 cm³/mol. The minimum absolute atomic E-state index is 0.00529. The van der Waals surface area contributed by atoms with Crippen LogP contribution in [0.3, 0.4) is 0 Å². The Kier molecular flexibility index (Phi) is 6.76. The summed E-state index contributed by atoms with van der Waals surface area (Å²) in [6.07, 6.45) is 11.3. The van der Waals surface area contributed by atoms with Crippen LogP contribution in [0, 0.1) is 23.2 Å². The molecule has 2 amide bonds. The number of carbonyl (C=O) groups is 2. The summed E-state index contributed by atoms with van der Waals surface area (Å²) >= 11 is 0. The lowest BCUT2D eigenvalue weighted by atomic mass is 9.48. The number of carbonyl (C=O) groups excluding carboxylic acids is 2. The molecule has 1 saturated heterocycles. The molecule has 4 bridgehead atoms. The van der Waals surface area contributed by atoms with E-state index in [9.17, 15) is 9.59 Å². The number of hydrogen-bond donors (Lipinski definition) is 1. The van der Waals surface area contributed by atoms with Gasteiger partial charge in [-0.15, -0.1) is 0 Å². The molecule has 4 aliphatic carbocycles. The van der Waals surface area contributed by atoms with Crippen LogP contribution in [-0.4, -0.2) is 49.1 Å². The van der Waals surface area contributed by atoms with Crippen molar-refractivity contribution in [2.45, 2.75) is 77.7 Å². The van der Waals surface area contributed by atoms with E-state index < -0.39 is 0 Å². The summed E-state index contributed by atoms with van der Waals surface area (Å²) in [6.45, 7) is 6.19. The highest BCUT2D eigenvalue weighted by molar-refractivity contribution is 5.95. The van der Waals surface area contributed by atoms with Gasteiger partial charge in [0.25, 0.3) is 11.8 Å². The summed E-state index contributed by atoms with van der Waals surface area (Å²) in [7, 11) is 0. The minimum atomic E-state index is -0.0554. The van der Waals surface area contributed by atoms with E-state index in [0.717, 1.165) is 43.7 Å². The van der Waals surface area contributed by atoms with Gasteiger partial charge in [0.2, 0.25) is 0 Å². The van der Waals surface area contributed by atoms with Gasteiger partial charge in [0, 0.05) is 24.7 Å². The fraction of sp³-hybridized carbons (Fsp3) is 0.714. The molecular weight excluding hydrogens is 428 g/mol. The van der Waals surface area contributed by atoms with Crippen molar-refractivity contribution in [1.82, 2.24) is 10.2 Å². The number of ether oxygens (including phenoxy) is 2. The first kappa shape index (κ1) is 23.5. The molecule has 1 aliphatic heterocycles. The second-order valence-corrected chi connectivity index (χ2v) is 11.3. The molecule has 6 heteroatoms. The smallest absolute Gasteiger partial charge is 0.260 e. The van der Waals surface area contributed by atoms with Gasteiger partial charge in [0.1, 0.15) is 0 Å². The van der Waals surface area contributed by atoms with E-state index in [2.05, 4.69) is 12.2 Å². The van der Waals surface area contributed by atoms with Crippen LogP contribution in [0.25, 0.3) is 0 Å². The van der Waals surface area contributed by atoms with Gasteiger partial charge in [0.05, 0.1) is 6.61 Å². The fourth-order valence-corrected chi connectivity index (χ4v) is 7.55. The number of nitrogens with zero attached hydrogens (tertiary/aromatic N) is 1. The van der Waals surface area contributed by atoms with Crippen LogP contribution in [0.2, 0.25) is 0 Å². The molecule has 34 heavy (non-hydrogen) atoms. The van der Waals surface area contributed by atoms with Crippen LogP contribution in [-0.2, 0) is 4.79 Å². The first-order chi connectivity index (χ1) is 16.5. The molecule has 1 aromatic carbocycles. The number of benzene rings is 1. The topological polar surface area (TPSA) is 67.9 Å². The largest absolute Gasteiger partial charge is 0.490 e. The Bertz CT molecular complexity index is 872. The van der Waals surface area contributed by atoms with Gasteiger partial charge in [-0.25, -0.2) is 0 Å². The van der Waals surface area contributed by atoms with E-state index in [-0.39, 0.29) is 29.9 Å². The number of amides is 2. The van der Waals surface area contributed by atoms with E-state index in [0.29, 0.717) is 23.7 Å². The van der Waals surface area contributed by atoms with Crippen LogP contribution in [0.5, 0.6) is 11.5 Å². The second-order valence-electron chi connectivity index (χ2n) is 11.3. The molecule has 0 aromatic heterocycles. The van der Waals surface area contributed by atoms with Gasteiger partial charge in [-0.05, 0) is 113 Å². The van der Waals surface area contributed by atoms with Crippen molar-refractivity contribution in [2.75, 3.05) is 26.3 Å². The molecule has 6 rings (SSSR count). The molecule has 1 aromatic rings. The minimum Gasteiger partial charge on any atom is -0.490 e. The summed E-state index contributed by atoms with van der Waals surface area (Å²) < 4.78 is 11.6. The Morgan fingerprint density at radius 3 is 2.26 bits per heavy atom. The summed E-state index contributed by atoms with van der Waals surface area (Å²) in [5, 5.41) is 3.34. The first-order valence-electron chi connectivity index (χ1n) is 13.4. The molecule has 4 saturated carbocycles. The van der Waals surface area contributed by atoms with E-state index in [1.54, 1.807) is 18.2 Å². The normalized spacial score (nSPS) is 30.6. The maximum absolute atomic E-state index is 13.2. The first-order valence-corrected chi connectivity index (χ1v) is 13.4. The number of likely N-dealkylation sites (tertiary alicyclic amines) is 1. The number of piperidine rings is 1. The molecule has 6 nitrogen and oxygen atoms in total. The average Bonchev–Trinajstić information content (AvgIpc) is 2.83. The van der Waals surface area contributed by atoms with Crippen LogP contribution < -0.4 is 14.8 Å². The van der Waals surface area contributed by atoms with Crippen LogP contribution >= 0.6 is 0 Å². The van der Waals surface area contributed by atoms with Crippen molar-refractivity contribution in [3.63, 3.8) is 0 Å². The number of rotatable bonds is 8. The van der Waals surface area contributed by atoms with Crippen molar-refractivity contribution in [2.24, 2.45) is 23.2 Å². The molecule has 1 N–H and O–H groups in total. The van der Waals surface area contributed by atoms with Crippen molar-refractivity contribution >= 4 is 11.8 Å². The zero-order valence-electron chi connectivity index (χ0n) is 20.8. The van der Waals surface area contributed by atoms with Crippen LogP contribution in [0.4, 0.5) is 0 Å². The molecule has 1 unspecified atom stereocenters. The lowest BCUT2D eigenvalue weighted by molar-refractivity contribution is -0.134. The van der Waals surface area contributed by atoms with Crippen molar-refractivity contribution < 1.29 is 19.1 Å². The molecule has 0 spiro atoms. The SMILES string of the molecule is CCOc1cc(C(=O)NC(C)C23CC4CC(CC(C4)C2)C3)ccc1OCC(=O)N1CCCCC1. The lowest BCUT2D eigenvalue weighted by Gasteiger charge is -2.59. The Hall–Kier alpha value is -2.24. The molecular formula is C28H40N2O4. The van der Waals surface area contributed by atoms with Gasteiger partial charge < -0.3 is 19.7 Å². The molecule has 5 aliphatic rings. The standard InChI is InChI=1S/C28H40N2O4/c1-3-33-25-14-23(7-8-24(25)34-18-26(31)30-9-5-4-6-10-30)27(32)29-19(2)28-15-20-11-21(16-28)13-22(12-20)17-28/h7-8,14,19-22H,3-6,9-13,15-18H2,1-2H3,(H,29,32). The molecule has 1 heterocycles. The van der Waals surface area contributed by atoms with E-state index in [1.807, 2.05) is 11.8 Å². The van der Waals surface area contributed by atoms with Gasteiger partial charge in [-0.3, -0.25) is 9.59 Å². The summed E-state index contributed by atoms with van der Waals surface area (Å²) in [5.74, 6) is 3.56. The Balaban J connectivity index is 1.23. The lowest BCUT2D eigenvalue weighted by Crippen LogP contribution is -2.55. The Morgan fingerprint density at radius 2 is 1.65 bits per heavy atom. The second kappa shape index (κ2) is 9.79. The van der Waals surface area contributed by atoms with Crippen LogP contribution in [0.15, 0.2) is 18.2 Å². The van der Waals surface area contributed by atoms with Gasteiger partial charge >= 0.3 is 0 Å². The molecule has 186 valence electrons. The summed E-state index contributed by atoms with van der Waals surface area (Å²) in [4.78, 5) is 27.6. The average molecular weight is 469 g/mol. The van der Waals surface area contributed by atoms with Crippen molar-refractivity contribution in [3.8, 4) is 11.5 Å². The monoisotopic (exact) mass is 468 g/mol. The van der Waals surface area contributed by atoms with E-state index in [4.69, 9.17) is 9.47 Å². The third-order valence-corrected chi connectivity index (χ3v) is 8.92. The molecule has 5 fully saturated rings. The Labute approximate surface area is 203 Å². The number of nitrogens with one attached hydrogen (secondary N) is 1. The zero-order valence-corrected chi connectivity index (χ0v) is 20.8. The highest BCUT2D eigenvalue weighted by Gasteiger charge is 2.53. The van der Waals surface area contributed by atoms with Crippen molar-refractivity contribution in [3.05, 3.63) is 23.8 Å². The number of hydrogen-bond acceptors (Lipinski definition) is 4. The van der Waals surface area contributed by atoms with Gasteiger partial charge in [-0.1, -0.05) is 0 Å². The van der Waals surface area contributed by atoms with Gasteiger partial charge in [0.15, 0.2) is 18.1 Å². The third kappa shape index (κ3) is 4.78. The van der Waals surface area contributed by atoms with E-state index in [1.165, 1.54) is 44.9 Å². The van der Waals surface area contributed by atoms with E-state index >= 15 is 0 Å². The van der Waals surface area contributed by atoms with Gasteiger partial charge in [-0.2, -0.15) is 0 Å². The maximum atomic E-state index is 13.2. The maximum Gasteiger partial charge on any atom is 0.260 e.